The minimum Gasteiger partial charge on any atom is -0.382 e. The number of fused-ring (bicyclic) bond motifs is 1. The Morgan fingerprint density at radius 3 is 2.58 bits per heavy atom. The van der Waals surface area contributed by atoms with Crippen LogP contribution < -0.4 is 10.6 Å². The quantitative estimate of drug-likeness (QED) is 0.435. The van der Waals surface area contributed by atoms with E-state index in [1.165, 1.54) is 12.8 Å². The number of anilines is 1. The van der Waals surface area contributed by atoms with Gasteiger partial charge in [-0.15, -0.1) is 0 Å². The molecule has 3 aromatic rings. The van der Waals surface area contributed by atoms with Crippen LogP contribution in [0.25, 0.3) is 16.9 Å². The maximum absolute atomic E-state index is 12.4. The van der Waals surface area contributed by atoms with E-state index in [0.29, 0.717) is 21.4 Å². The second kappa shape index (κ2) is 9.82. The lowest BCUT2D eigenvalue weighted by molar-refractivity contribution is -0.131. The van der Waals surface area contributed by atoms with Crippen molar-refractivity contribution in [1.82, 2.24) is 14.7 Å². The first-order chi connectivity index (χ1) is 14.7. The Balaban J connectivity index is 0.000000478. The summed E-state index contributed by atoms with van der Waals surface area (Å²) in [4.78, 5) is 15.3. The molecule has 2 aromatic heterocycles. The number of aryl methyl sites for hydroxylation is 1. The number of nitrogens with zero attached hydrogens (tertiary/aromatic N) is 2. The maximum Gasteiger partial charge on any atom is 0.390 e. The van der Waals surface area contributed by atoms with Crippen molar-refractivity contribution >= 4 is 33.6 Å². The van der Waals surface area contributed by atoms with E-state index in [0.717, 1.165) is 29.1 Å². The molecule has 2 N–H and O–H groups in total. The van der Waals surface area contributed by atoms with Crippen LogP contribution >= 0.6 is 15.9 Å². The zero-order valence-corrected chi connectivity index (χ0v) is 18.8. The Bertz CT molecular complexity index is 1060. The molecule has 5 nitrogen and oxygen atoms in total. The highest BCUT2D eigenvalue weighted by molar-refractivity contribution is 9.10. The van der Waals surface area contributed by atoms with E-state index < -0.39 is 12.6 Å². The third kappa shape index (κ3) is 6.30. The monoisotopic (exact) mass is 496 g/mol. The van der Waals surface area contributed by atoms with Crippen LogP contribution in [0.1, 0.15) is 35.2 Å². The average molecular weight is 497 g/mol. The molecule has 0 bridgehead atoms. The Morgan fingerprint density at radius 2 is 2.03 bits per heavy atom. The smallest absolute Gasteiger partial charge is 0.382 e. The van der Waals surface area contributed by atoms with Crippen molar-refractivity contribution in [2.75, 3.05) is 18.9 Å². The second-order valence-electron chi connectivity index (χ2n) is 7.45. The topological polar surface area (TPSA) is 58.4 Å². The van der Waals surface area contributed by atoms with Crippen molar-refractivity contribution in [3.8, 4) is 11.3 Å². The predicted octanol–water partition coefficient (Wildman–Crippen LogP) is 5.62. The molecule has 0 unspecified atom stereocenters. The average Bonchev–Trinajstić information content (AvgIpc) is 3.46. The molecule has 1 saturated carbocycles. The summed E-state index contributed by atoms with van der Waals surface area (Å²) in [6.07, 6.45) is 1.92. The number of pyridine rings is 1. The summed E-state index contributed by atoms with van der Waals surface area (Å²) < 4.78 is 39.7. The van der Waals surface area contributed by atoms with Crippen LogP contribution in [0, 0.1) is 6.92 Å². The van der Waals surface area contributed by atoms with Gasteiger partial charge in [0.1, 0.15) is 6.29 Å². The van der Waals surface area contributed by atoms with Gasteiger partial charge < -0.3 is 10.6 Å². The minimum absolute atomic E-state index is 0.231. The molecule has 1 fully saturated rings. The van der Waals surface area contributed by atoms with Crippen LogP contribution in [0.15, 0.2) is 41.1 Å². The van der Waals surface area contributed by atoms with Gasteiger partial charge in [0.15, 0.2) is 5.65 Å². The van der Waals surface area contributed by atoms with Gasteiger partial charge in [-0.2, -0.15) is 13.2 Å². The first-order valence-corrected chi connectivity index (χ1v) is 10.7. The Hall–Kier alpha value is -2.39. The van der Waals surface area contributed by atoms with E-state index in [4.69, 9.17) is 0 Å². The number of benzene rings is 1. The molecule has 9 heteroatoms. The lowest BCUT2D eigenvalue weighted by atomic mass is 10.0. The predicted molar refractivity (Wildman–Crippen MR) is 120 cm³/mol. The number of hydrogen-bond donors (Lipinski definition) is 2. The number of aldehydes is 1. The van der Waals surface area contributed by atoms with Gasteiger partial charge in [0.25, 0.3) is 0 Å². The molecule has 1 aromatic carbocycles. The van der Waals surface area contributed by atoms with Gasteiger partial charge >= 0.3 is 6.18 Å². The number of carbonyl (C=O) groups excluding carboxylic acids is 1. The van der Waals surface area contributed by atoms with Crippen LogP contribution in [0.3, 0.4) is 0 Å². The molecule has 0 saturated heterocycles. The molecule has 166 valence electrons. The summed E-state index contributed by atoms with van der Waals surface area (Å²) in [6, 6.07) is 8.01. The highest BCUT2D eigenvalue weighted by Gasteiger charge is 2.26. The number of aromatic nitrogens is 2. The minimum atomic E-state index is -4.21. The van der Waals surface area contributed by atoms with Gasteiger partial charge in [-0.25, -0.2) is 4.98 Å². The fourth-order valence-electron chi connectivity index (χ4n) is 3.08. The van der Waals surface area contributed by atoms with E-state index in [1.807, 2.05) is 26.1 Å². The van der Waals surface area contributed by atoms with E-state index in [9.17, 15) is 18.0 Å². The number of imidazole rings is 1. The molecule has 4 rings (SSSR count). The molecule has 0 spiro atoms. The molecular formula is C22H24BrF3N4O. The number of rotatable bonds is 6. The molecule has 0 atom stereocenters. The number of hydrogen-bond acceptors (Lipinski definition) is 4. The fraction of sp³-hybridized carbons (Fsp3) is 0.364. The summed E-state index contributed by atoms with van der Waals surface area (Å²) in [5.74, 6) is 0. The fourth-order valence-corrected chi connectivity index (χ4v) is 3.51. The lowest BCUT2D eigenvalue weighted by Gasteiger charge is -2.11. The molecule has 1 aliphatic carbocycles. The van der Waals surface area contributed by atoms with Crippen molar-refractivity contribution in [2.24, 2.45) is 0 Å². The molecular weight excluding hydrogens is 473 g/mol. The number of carbonyl (C=O) groups is 1. The summed E-state index contributed by atoms with van der Waals surface area (Å²) in [7, 11) is 2.01. The molecule has 1 aliphatic rings. The van der Waals surface area contributed by atoms with Crippen LogP contribution in [0.2, 0.25) is 0 Å². The first kappa shape index (κ1) is 23.3. The van der Waals surface area contributed by atoms with Gasteiger partial charge in [0, 0.05) is 34.4 Å². The molecule has 0 amide bonds. The van der Waals surface area contributed by atoms with Crippen LogP contribution in [0.5, 0.6) is 0 Å². The first-order valence-electron chi connectivity index (χ1n) is 9.92. The van der Waals surface area contributed by atoms with Gasteiger partial charge in [-0.05, 0) is 60.4 Å². The molecule has 0 aliphatic heterocycles. The van der Waals surface area contributed by atoms with Gasteiger partial charge in [0.2, 0.25) is 0 Å². The van der Waals surface area contributed by atoms with Gasteiger partial charge in [0.05, 0.1) is 24.0 Å². The van der Waals surface area contributed by atoms with Gasteiger partial charge in [-0.1, -0.05) is 12.1 Å². The molecule has 2 heterocycles. The summed E-state index contributed by atoms with van der Waals surface area (Å²) in [5.41, 5.74) is 4.13. The number of alkyl halides is 3. The van der Waals surface area contributed by atoms with Gasteiger partial charge in [-0.3, -0.25) is 9.20 Å². The highest BCUT2D eigenvalue weighted by atomic mass is 79.9. The SMILES string of the molecule is CNC1CC1.Cc1cc(-c2cnc3c(NCCC(F)(F)F)cc(Br)cn23)ccc1C=O. The standard InChI is InChI=1S/C18H15BrF3N3O.C4H9N/c1-11-6-12(2-3-13(11)10-26)16-8-24-17-15(7-14(19)9-25(16)17)23-5-4-18(20,21)22;1-5-4-2-3-4/h2-3,6-10,23H,4-5H2,1H3;4-5H,2-3H2,1H3. The zero-order chi connectivity index (χ0) is 22.6. The Kier molecular flexibility index (Phi) is 7.38. The largest absolute Gasteiger partial charge is 0.390 e. The molecule has 0 radical (unpaired) electrons. The van der Waals surface area contributed by atoms with E-state index in [2.05, 4.69) is 31.5 Å². The zero-order valence-electron chi connectivity index (χ0n) is 17.3. The van der Waals surface area contributed by atoms with Crippen molar-refractivity contribution in [1.29, 1.82) is 0 Å². The second-order valence-corrected chi connectivity index (χ2v) is 8.37. The Labute approximate surface area is 187 Å². The summed E-state index contributed by atoms with van der Waals surface area (Å²) in [5, 5.41) is 5.94. The highest BCUT2D eigenvalue weighted by Crippen LogP contribution is 2.29. The van der Waals surface area contributed by atoms with Crippen molar-refractivity contribution in [2.45, 2.75) is 38.4 Å². The summed E-state index contributed by atoms with van der Waals surface area (Å²) in [6.45, 7) is 1.61. The van der Waals surface area contributed by atoms with Crippen molar-refractivity contribution in [3.63, 3.8) is 0 Å². The van der Waals surface area contributed by atoms with E-state index >= 15 is 0 Å². The van der Waals surface area contributed by atoms with Crippen molar-refractivity contribution < 1.29 is 18.0 Å². The third-order valence-electron chi connectivity index (χ3n) is 4.97. The molecule has 31 heavy (non-hydrogen) atoms. The summed E-state index contributed by atoms with van der Waals surface area (Å²) >= 11 is 3.39. The van der Waals surface area contributed by atoms with Crippen molar-refractivity contribution in [3.05, 3.63) is 52.3 Å². The van der Waals surface area contributed by atoms with E-state index in [-0.39, 0.29) is 6.54 Å². The third-order valence-corrected chi connectivity index (χ3v) is 5.41. The lowest BCUT2D eigenvalue weighted by Crippen LogP contribution is -2.15. The number of halogens is 4. The van der Waals surface area contributed by atoms with Crippen LogP contribution in [-0.4, -0.2) is 41.5 Å². The van der Waals surface area contributed by atoms with Crippen LogP contribution in [0.4, 0.5) is 18.9 Å². The Morgan fingerprint density at radius 1 is 1.29 bits per heavy atom. The van der Waals surface area contributed by atoms with E-state index in [1.54, 1.807) is 28.9 Å². The van der Waals surface area contributed by atoms with Crippen LogP contribution in [-0.2, 0) is 0 Å². The normalized spacial score (nSPS) is 13.6. The maximum atomic E-state index is 12.4. The number of nitrogens with one attached hydrogen (secondary N) is 2.